The fraction of sp³-hybridized carbons (Fsp3) is 0. The third-order valence-corrected chi connectivity index (χ3v) is 9.86. The van der Waals surface area contributed by atoms with Crippen molar-refractivity contribution in [1.29, 1.82) is 0 Å². The molecule has 0 unspecified atom stereocenters. The first-order valence-electron chi connectivity index (χ1n) is 17.5. The molecule has 0 aromatic heterocycles. The second-order valence-corrected chi connectivity index (χ2v) is 12.9. The molecule has 0 aliphatic carbocycles. The Hall–Kier alpha value is -6.70. The molecule has 0 radical (unpaired) electrons. The lowest BCUT2D eigenvalue weighted by atomic mass is 9.91. The van der Waals surface area contributed by atoms with E-state index < -0.39 is 0 Å². The summed E-state index contributed by atoms with van der Waals surface area (Å²) >= 11 is 0. The Bertz CT molecular complexity index is 2610. The second kappa shape index (κ2) is 13.3. The summed E-state index contributed by atoms with van der Waals surface area (Å²) in [7, 11) is 0. The van der Waals surface area contributed by atoms with E-state index >= 15 is 0 Å². The summed E-state index contributed by atoms with van der Waals surface area (Å²) in [5.41, 5.74) is 13.0. The molecule has 0 saturated carbocycles. The van der Waals surface area contributed by atoms with Crippen molar-refractivity contribution < 1.29 is 0 Å². The monoisotopic (exact) mass is 649 g/mol. The van der Waals surface area contributed by atoms with E-state index in [0.29, 0.717) is 0 Å². The van der Waals surface area contributed by atoms with Crippen molar-refractivity contribution in [3.63, 3.8) is 0 Å². The second-order valence-electron chi connectivity index (χ2n) is 12.9. The molecule has 0 aliphatic rings. The molecule has 9 aromatic carbocycles. The largest absolute Gasteiger partial charge is 0.309 e. The Labute approximate surface area is 299 Å². The molecule has 0 spiro atoms. The lowest BCUT2D eigenvalue weighted by molar-refractivity contribution is 1.30. The quantitative estimate of drug-likeness (QED) is 0.155. The van der Waals surface area contributed by atoms with Crippen LogP contribution in [0.1, 0.15) is 0 Å². The summed E-state index contributed by atoms with van der Waals surface area (Å²) in [6.45, 7) is 0. The summed E-state index contributed by atoms with van der Waals surface area (Å²) in [5.74, 6) is 0. The molecule has 0 bridgehead atoms. The van der Waals surface area contributed by atoms with Crippen LogP contribution in [0, 0.1) is 0 Å². The van der Waals surface area contributed by atoms with Gasteiger partial charge in [-0.3, -0.25) is 0 Å². The number of anilines is 3. The van der Waals surface area contributed by atoms with Gasteiger partial charge < -0.3 is 4.90 Å². The van der Waals surface area contributed by atoms with E-state index in [4.69, 9.17) is 0 Å². The van der Waals surface area contributed by atoms with Crippen LogP contribution in [0.15, 0.2) is 212 Å². The molecule has 0 heterocycles. The highest BCUT2D eigenvalue weighted by molar-refractivity contribution is 6.15. The molecule has 240 valence electrons. The van der Waals surface area contributed by atoms with Gasteiger partial charge in [0.2, 0.25) is 0 Å². The van der Waals surface area contributed by atoms with Gasteiger partial charge in [0.15, 0.2) is 0 Å². The molecule has 0 atom stereocenters. The Morgan fingerprint density at radius 2 is 0.765 bits per heavy atom. The van der Waals surface area contributed by atoms with Gasteiger partial charge in [-0.15, -0.1) is 0 Å². The standard InChI is InChI=1S/C50H35N/c1-4-16-36(17-5-1)40-30-33-44(37-18-6-2-7-19-37)48(34-40)39-28-31-42(32-29-39)51(49-27-15-14-24-45(49)38-20-8-3-9-21-38)50-35-41-22-10-11-23-43(41)46-25-12-13-26-47(46)50/h1-35H. The molecule has 1 nitrogen and oxygen atoms in total. The molecule has 9 rings (SSSR count). The van der Waals surface area contributed by atoms with Gasteiger partial charge in [-0.25, -0.2) is 0 Å². The molecule has 0 saturated heterocycles. The van der Waals surface area contributed by atoms with Gasteiger partial charge in [0.25, 0.3) is 0 Å². The summed E-state index contributed by atoms with van der Waals surface area (Å²) in [5, 5.41) is 4.94. The van der Waals surface area contributed by atoms with Crippen LogP contribution >= 0.6 is 0 Å². The van der Waals surface area contributed by atoms with Crippen molar-refractivity contribution in [2.75, 3.05) is 4.90 Å². The first-order valence-corrected chi connectivity index (χ1v) is 17.5. The van der Waals surface area contributed by atoms with E-state index in [1.54, 1.807) is 0 Å². The predicted octanol–water partition coefficient (Wildman–Crippen LogP) is 14.1. The maximum atomic E-state index is 2.44. The molecule has 0 aliphatic heterocycles. The Balaban J connectivity index is 1.26. The van der Waals surface area contributed by atoms with Gasteiger partial charge >= 0.3 is 0 Å². The Kier molecular flexibility index (Phi) is 7.92. The first kappa shape index (κ1) is 30.4. The smallest absolute Gasteiger partial charge is 0.0546 e. The lowest BCUT2D eigenvalue weighted by Gasteiger charge is -2.30. The van der Waals surface area contributed by atoms with Crippen LogP contribution in [0.2, 0.25) is 0 Å². The van der Waals surface area contributed by atoms with Crippen molar-refractivity contribution >= 4 is 38.6 Å². The third kappa shape index (κ3) is 5.75. The van der Waals surface area contributed by atoms with Crippen LogP contribution in [0.4, 0.5) is 17.1 Å². The number of benzene rings is 9. The van der Waals surface area contributed by atoms with E-state index in [2.05, 4.69) is 217 Å². The van der Waals surface area contributed by atoms with Crippen LogP contribution in [0.25, 0.3) is 66.1 Å². The van der Waals surface area contributed by atoms with Crippen LogP contribution in [-0.2, 0) is 0 Å². The molecule has 0 fully saturated rings. The predicted molar refractivity (Wildman–Crippen MR) is 218 cm³/mol. The maximum absolute atomic E-state index is 2.44. The number of para-hydroxylation sites is 1. The highest BCUT2D eigenvalue weighted by atomic mass is 15.1. The fourth-order valence-corrected chi connectivity index (χ4v) is 7.41. The third-order valence-electron chi connectivity index (χ3n) is 9.86. The summed E-state index contributed by atoms with van der Waals surface area (Å²) in [6, 6.07) is 76.6. The van der Waals surface area contributed by atoms with Crippen molar-refractivity contribution in [2.45, 2.75) is 0 Å². The summed E-state index contributed by atoms with van der Waals surface area (Å²) in [4.78, 5) is 2.44. The fourth-order valence-electron chi connectivity index (χ4n) is 7.41. The molecule has 9 aromatic rings. The molecule has 0 N–H and O–H groups in total. The zero-order chi connectivity index (χ0) is 34.0. The topological polar surface area (TPSA) is 3.24 Å². The zero-order valence-corrected chi connectivity index (χ0v) is 28.2. The van der Waals surface area contributed by atoms with Crippen molar-refractivity contribution in [3.05, 3.63) is 212 Å². The zero-order valence-electron chi connectivity index (χ0n) is 28.2. The molecular formula is C50H35N. The van der Waals surface area contributed by atoms with Gasteiger partial charge in [0.1, 0.15) is 0 Å². The number of hydrogen-bond acceptors (Lipinski definition) is 1. The number of nitrogens with zero attached hydrogens (tertiary/aromatic N) is 1. The molecule has 0 amide bonds. The molecule has 51 heavy (non-hydrogen) atoms. The van der Waals surface area contributed by atoms with Crippen LogP contribution in [0.3, 0.4) is 0 Å². The number of rotatable bonds is 7. The summed E-state index contributed by atoms with van der Waals surface area (Å²) < 4.78 is 0. The average Bonchev–Trinajstić information content (AvgIpc) is 3.22. The highest BCUT2D eigenvalue weighted by Crippen LogP contribution is 2.46. The van der Waals surface area contributed by atoms with Crippen LogP contribution in [0.5, 0.6) is 0 Å². The van der Waals surface area contributed by atoms with Gasteiger partial charge in [-0.1, -0.05) is 182 Å². The maximum Gasteiger partial charge on any atom is 0.0546 e. The summed E-state index contributed by atoms with van der Waals surface area (Å²) in [6.07, 6.45) is 0. The van der Waals surface area contributed by atoms with E-state index in [9.17, 15) is 0 Å². The van der Waals surface area contributed by atoms with Crippen LogP contribution in [-0.4, -0.2) is 0 Å². The SMILES string of the molecule is c1ccc(-c2ccc(-c3ccccc3)c(-c3ccc(N(c4ccccc4-c4ccccc4)c4cc5ccccc5c5ccccc45)cc3)c2)cc1. The normalized spacial score (nSPS) is 11.1. The van der Waals surface area contributed by atoms with Crippen molar-refractivity contribution in [2.24, 2.45) is 0 Å². The van der Waals surface area contributed by atoms with E-state index in [1.807, 2.05) is 0 Å². The Morgan fingerprint density at radius 3 is 1.47 bits per heavy atom. The minimum atomic E-state index is 1.10. The minimum absolute atomic E-state index is 1.10. The van der Waals surface area contributed by atoms with Crippen molar-refractivity contribution in [1.82, 2.24) is 0 Å². The number of hydrogen-bond donors (Lipinski definition) is 0. The first-order chi connectivity index (χ1) is 25.3. The van der Waals surface area contributed by atoms with Gasteiger partial charge in [-0.2, -0.15) is 0 Å². The minimum Gasteiger partial charge on any atom is -0.309 e. The number of fused-ring (bicyclic) bond motifs is 3. The van der Waals surface area contributed by atoms with Gasteiger partial charge in [0.05, 0.1) is 11.4 Å². The van der Waals surface area contributed by atoms with E-state index in [1.165, 1.54) is 66.1 Å². The van der Waals surface area contributed by atoms with E-state index in [0.717, 1.165) is 17.1 Å². The molecule has 1 heteroatoms. The highest BCUT2D eigenvalue weighted by Gasteiger charge is 2.21. The van der Waals surface area contributed by atoms with Gasteiger partial charge in [-0.05, 0) is 85.4 Å². The van der Waals surface area contributed by atoms with E-state index in [-0.39, 0.29) is 0 Å². The van der Waals surface area contributed by atoms with Crippen LogP contribution < -0.4 is 4.90 Å². The lowest BCUT2D eigenvalue weighted by Crippen LogP contribution is -2.12. The molecular weight excluding hydrogens is 615 g/mol. The van der Waals surface area contributed by atoms with Gasteiger partial charge in [0, 0.05) is 16.6 Å². The Morgan fingerprint density at radius 1 is 0.255 bits per heavy atom. The van der Waals surface area contributed by atoms with Crippen molar-refractivity contribution in [3.8, 4) is 44.5 Å². The average molecular weight is 650 g/mol.